The predicted molar refractivity (Wildman–Crippen MR) is 89.8 cm³/mol. The van der Waals surface area contributed by atoms with Gasteiger partial charge < -0.3 is 5.32 Å². The highest BCUT2D eigenvalue weighted by Gasteiger charge is 2.20. The van der Waals surface area contributed by atoms with Crippen molar-refractivity contribution in [2.45, 2.75) is 39.0 Å². The summed E-state index contributed by atoms with van der Waals surface area (Å²) >= 11 is 8.55. The molecule has 7 heteroatoms. The lowest BCUT2D eigenvalue weighted by atomic mass is 10.2. The number of thioether (sulfide) groups is 1. The van der Waals surface area contributed by atoms with Crippen molar-refractivity contribution in [2.75, 3.05) is 6.26 Å². The van der Waals surface area contributed by atoms with Gasteiger partial charge in [0.2, 0.25) is 0 Å². The van der Waals surface area contributed by atoms with Gasteiger partial charge in [-0.3, -0.25) is 0 Å². The van der Waals surface area contributed by atoms with Gasteiger partial charge in [-0.05, 0) is 42.9 Å². The molecule has 1 heterocycles. The molecule has 1 N–H and O–H groups in total. The van der Waals surface area contributed by atoms with Crippen LogP contribution in [0.1, 0.15) is 18.4 Å². The fourth-order valence-electron chi connectivity index (χ4n) is 1.74. The summed E-state index contributed by atoms with van der Waals surface area (Å²) in [4.78, 5) is 1.25. The standard InChI is InChI=1S/C13H14BrN3S3/c1-18-12-16-17-13(20-12)19-11-5-2-9(14)6-8(11)7-15-10-3-4-10/h2,5-6,10,15H,3-4,7H2,1H3. The third-order valence-corrected chi connectivity index (χ3v) is 6.50. The highest BCUT2D eigenvalue weighted by molar-refractivity contribution is 9.10. The molecule has 2 aromatic rings. The molecule has 0 bridgehead atoms. The minimum atomic E-state index is 0.719. The van der Waals surface area contributed by atoms with Crippen LogP contribution in [0, 0.1) is 0 Å². The van der Waals surface area contributed by atoms with Gasteiger partial charge in [0.1, 0.15) is 0 Å². The lowest BCUT2D eigenvalue weighted by molar-refractivity contribution is 0.680. The molecule has 3 rings (SSSR count). The van der Waals surface area contributed by atoms with Gasteiger partial charge in [-0.1, -0.05) is 50.8 Å². The lowest BCUT2D eigenvalue weighted by Gasteiger charge is -2.09. The number of rotatable bonds is 6. The first-order valence-electron chi connectivity index (χ1n) is 6.32. The zero-order valence-electron chi connectivity index (χ0n) is 10.9. The molecule has 1 aliphatic carbocycles. The van der Waals surface area contributed by atoms with Crippen LogP contribution in [0.2, 0.25) is 0 Å². The van der Waals surface area contributed by atoms with E-state index in [1.54, 1.807) is 34.9 Å². The van der Waals surface area contributed by atoms with Crippen LogP contribution in [-0.4, -0.2) is 22.5 Å². The van der Waals surface area contributed by atoms with Gasteiger partial charge in [-0.15, -0.1) is 10.2 Å². The Morgan fingerprint density at radius 3 is 2.85 bits per heavy atom. The summed E-state index contributed by atoms with van der Waals surface area (Å²) in [6.45, 7) is 0.917. The van der Waals surface area contributed by atoms with E-state index in [0.717, 1.165) is 25.7 Å². The molecule has 1 aliphatic rings. The minimum absolute atomic E-state index is 0.719. The Hall–Kier alpha value is -0.0800. The Morgan fingerprint density at radius 2 is 2.15 bits per heavy atom. The number of hydrogen-bond donors (Lipinski definition) is 1. The summed E-state index contributed by atoms with van der Waals surface area (Å²) < 4.78 is 3.14. The van der Waals surface area contributed by atoms with Crippen molar-refractivity contribution in [3.63, 3.8) is 0 Å². The van der Waals surface area contributed by atoms with Crippen molar-refractivity contribution in [3.05, 3.63) is 28.2 Å². The van der Waals surface area contributed by atoms with E-state index in [0.29, 0.717) is 0 Å². The summed E-state index contributed by atoms with van der Waals surface area (Å²) in [6.07, 6.45) is 4.65. The normalized spacial score (nSPS) is 14.7. The number of aromatic nitrogens is 2. The number of halogens is 1. The van der Waals surface area contributed by atoms with Crippen LogP contribution in [0.4, 0.5) is 0 Å². The molecule has 106 valence electrons. The first-order chi connectivity index (χ1) is 9.74. The van der Waals surface area contributed by atoms with Crippen LogP contribution in [-0.2, 0) is 6.54 Å². The predicted octanol–water partition coefficient (Wildman–Crippen LogP) is 4.43. The van der Waals surface area contributed by atoms with Gasteiger partial charge in [0.15, 0.2) is 8.68 Å². The minimum Gasteiger partial charge on any atom is -0.310 e. The Morgan fingerprint density at radius 1 is 1.35 bits per heavy atom. The third-order valence-electron chi connectivity index (χ3n) is 2.94. The average Bonchev–Trinajstić information content (AvgIpc) is 3.17. The Kier molecular flexibility index (Phi) is 5.04. The summed E-state index contributed by atoms with van der Waals surface area (Å²) in [6, 6.07) is 7.14. The molecule has 0 atom stereocenters. The largest absolute Gasteiger partial charge is 0.310 e. The van der Waals surface area contributed by atoms with Crippen LogP contribution in [0.15, 0.2) is 36.2 Å². The van der Waals surface area contributed by atoms with Crippen molar-refractivity contribution in [2.24, 2.45) is 0 Å². The van der Waals surface area contributed by atoms with E-state index in [2.05, 4.69) is 49.6 Å². The van der Waals surface area contributed by atoms with Gasteiger partial charge in [-0.2, -0.15) is 0 Å². The molecular formula is C13H14BrN3S3. The molecule has 1 saturated carbocycles. The maximum atomic E-state index is 4.23. The maximum absolute atomic E-state index is 4.23. The van der Waals surface area contributed by atoms with Crippen molar-refractivity contribution in [3.8, 4) is 0 Å². The second-order valence-electron chi connectivity index (χ2n) is 4.55. The number of benzene rings is 1. The summed E-state index contributed by atoms with van der Waals surface area (Å²) in [5.74, 6) is 0. The molecule has 1 aromatic heterocycles. The fraction of sp³-hybridized carbons (Fsp3) is 0.385. The highest BCUT2D eigenvalue weighted by Crippen LogP contribution is 2.35. The van der Waals surface area contributed by atoms with E-state index >= 15 is 0 Å². The summed E-state index contributed by atoms with van der Waals surface area (Å²) in [5, 5.41) is 12.0. The molecule has 0 spiro atoms. The molecule has 0 radical (unpaired) electrons. The second kappa shape index (κ2) is 6.79. The van der Waals surface area contributed by atoms with Crippen molar-refractivity contribution in [1.82, 2.24) is 15.5 Å². The zero-order chi connectivity index (χ0) is 13.9. The molecule has 0 amide bonds. The Bertz CT molecular complexity index is 598. The van der Waals surface area contributed by atoms with Crippen molar-refractivity contribution < 1.29 is 0 Å². The van der Waals surface area contributed by atoms with E-state index < -0.39 is 0 Å². The quantitative estimate of drug-likeness (QED) is 0.742. The van der Waals surface area contributed by atoms with Crippen LogP contribution in [0.5, 0.6) is 0 Å². The average molecular weight is 388 g/mol. The summed E-state index contributed by atoms with van der Waals surface area (Å²) in [5.41, 5.74) is 1.32. The summed E-state index contributed by atoms with van der Waals surface area (Å²) in [7, 11) is 0. The molecule has 0 unspecified atom stereocenters. The van der Waals surface area contributed by atoms with E-state index in [1.807, 2.05) is 6.26 Å². The van der Waals surface area contributed by atoms with Crippen LogP contribution < -0.4 is 5.32 Å². The Labute approximate surface area is 139 Å². The van der Waals surface area contributed by atoms with Crippen LogP contribution in [0.25, 0.3) is 0 Å². The van der Waals surface area contributed by atoms with Crippen molar-refractivity contribution in [1.29, 1.82) is 0 Å². The molecule has 0 aliphatic heterocycles. The van der Waals surface area contributed by atoms with Crippen molar-refractivity contribution >= 4 is 50.8 Å². The maximum Gasteiger partial charge on any atom is 0.179 e. The monoisotopic (exact) mass is 387 g/mol. The Balaban J connectivity index is 1.75. The molecule has 1 aromatic carbocycles. The van der Waals surface area contributed by atoms with Gasteiger partial charge in [0, 0.05) is 22.0 Å². The molecular weight excluding hydrogens is 374 g/mol. The highest BCUT2D eigenvalue weighted by atomic mass is 79.9. The molecule has 3 nitrogen and oxygen atoms in total. The second-order valence-corrected chi connectivity index (χ2v) is 8.78. The topological polar surface area (TPSA) is 37.8 Å². The zero-order valence-corrected chi connectivity index (χ0v) is 15.0. The van der Waals surface area contributed by atoms with Crippen LogP contribution in [0.3, 0.4) is 0 Å². The molecule has 20 heavy (non-hydrogen) atoms. The first kappa shape index (κ1) is 14.8. The number of hydrogen-bond acceptors (Lipinski definition) is 6. The first-order valence-corrected chi connectivity index (χ1v) is 9.97. The molecule has 1 fully saturated rings. The van der Waals surface area contributed by atoms with Gasteiger partial charge >= 0.3 is 0 Å². The van der Waals surface area contributed by atoms with Gasteiger partial charge in [-0.25, -0.2) is 0 Å². The van der Waals surface area contributed by atoms with E-state index in [9.17, 15) is 0 Å². The number of nitrogens with zero attached hydrogens (tertiary/aromatic N) is 2. The van der Waals surface area contributed by atoms with E-state index in [1.165, 1.54) is 23.3 Å². The SMILES string of the molecule is CSc1nnc(Sc2ccc(Br)cc2CNC2CC2)s1. The van der Waals surface area contributed by atoms with Gasteiger partial charge in [0.25, 0.3) is 0 Å². The third kappa shape index (κ3) is 3.98. The molecule has 0 saturated heterocycles. The smallest absolute Gasteiger partial charge is 0.179 e. The van der Waals surface area contributed by atoms with Gasteiger partial charge in [0.05, 0.1) is 0 Å². The van der Waals surface area contributed by atoms with E-state index in [4.69, 9.17) is 0 Å². The van der Waals surface area contributed by atoms with Crippen LogP contribution >= 0.6 is 50.8 Å². The number of nitrogens with one attached hydrogen (secondary N) is 1. The lowest BCUT2D eigenvalue weighted by Crippen LogP contribution is -2.15. The fourth-order valence-corrected chi connectivity index (χ4v) is 4.66. The van der Waals surface area contributed by atoms with E-state index in [-0.39, 0.29) is 0 Å².